The summed E-state index contributed by atoms with van der Waals surface area (Å²) in [6, 6.07) is 21.2. The monoisotopic (exact) mass is 422 g/mol. The van der Waals surface area contributed by atoms with Crippen LogP contribution in [0.4, 0.5) is 0 Å². The smallest absolute Gasteiger partial charge is 0.154 e. The van der Waals surface area contributed by atoms with Crippen LogP contribution in [0.1, 0.15) is 24.4 Å². The van der Waals surface area contributed by atoms with E-state index in [4.69, 9.17) is 10.7 Å². The number of pyridine rings is 3. The second-order valence-electron chi connectivity index (χ2n) is 7.61. The van der Waals surface area contributed by atoms with E-state index < -0.39 is 0 Å². The van der Waals surface area contributed by atoms with Gasteiger partial charge in [-0.25, -0.2) is 9.67 Å². The van der Waals surface area contributed by atoms with Crippen LogP contribution in [0.15, 0.2) is 79.1 Å². The van der Waals surface area contributed by atoms with Crippen molar-refractivity contribution in [3.05, 3.63) is 90.5 Å². The van der Waals surface area contributed by atoms with Crippen LogP contribution < -0.4 is 5.73 Å². The summed E-state index contributed by atoms with van der Waals surface area (Å²) >= 11 is 0. The van der Waals surface area contributed by atoms with E-state index in [0.29, 0.717) is 11.5 Å². The van der Waals surface area contributed by atoms with Gasteiger partial charge in [0.1, 0.15) is 0 Å². The van der Waals surface area contributed by atoms with Crippen molar-refractivity contribution in [2.75, 3.05) is 0 Å². The fourth-order valence-electron chi connectivity index (χ4n) is 3.73. The lowest BCUT2D eigenvalue weighted by molar-refractivity contribution is 0.276. The SMILES string of the molecule is CC(N)c1cccc(-c2cc(-c3ccccn3)c3cnn(-c4cccc(CO)n4)c3c2)n1. The Bertz CT molecular complexity index is 1390. The molecule has 0 radical (unpaired) electrons. The zero-order chi connectivity index (χ0) is 22.1. The first kappa shape index (κ1) is 20.0. The fourth-order valence-corrected chi connectivity index (χ4v) is 3.73. The molecule has 1 unspecified atom stereocenters. The van der Waals surface area contributed by atoms with Crippen LogP contribution in [0.5, 0.6) is 0 Å². The molecule has 7 heteroatoms. The van der Waals surface area contributed by atoms with E-state index in [1.165, 1.54) is 0 Å². The number of fused-ring (bicyclic) bond motifs is 1. The molecule has 158 valence electrons. The molecule has 32 heavy (non-hydrogen) atoms. The lowest BCUT2D eigenvalue weighted by Crippen LogP contribution is -2.07. The summed E-state index contributed by atoms with van der Waals surface area (Å²) in [5, 5.41) is 15.1. The molecule has 5 rings (SSSR count). The standard InChI is InChI=1S/C25H22N6O/c1-16(26)21-8-5-9-22(30-21)17-12-19(23-7-2-3-11-27-23)20-14-28-31(24(20)13-17)25-10-4-6-18(15-32)29-25/h2-14,16,32H,15,26H2,1H3. The van der Waals surface area contributed by atoms with Gasteiger partial charge in [0.2, 0.25) is 0 Å². The van der Waals surface area contributed by atoms with E-state index in [0.717, 1.165) is 39.1 Å². The third-order valence-corrected chi connectivity index (χ3v) is 5.33. The Balaban J connectivity index is 1.77. The number of aliphatic hydroxyl groups is 1. The summed E-state index contributed by atoms with van der Waals surface area (Å²) in [6.45, 7) is 1.79. The Labute approximate surface area is 185 Å². The summed E-state index contributed by atoms with van der Waals surface area (Å²) in [5.41, 5.74) is 11.9. The molecule has 0 saturated carbocycles. The van der Waals surface area contributed by atoms with Crippen LogP contribution >= 0.6 is 0 Å². The largest absolute Gasteiger partial charge is 0.390 e. The number of aromatic nitrogens is 5. The molecule has 3 N–H and O–H groups in total. The molecule has 1 atom stereocenters. The maximum Gasteiger partial charge on any atom is 0.154 e. The average Bonchev–Trinajstić information content (AvgIpc) is 3.28. The van der Waals surface area contributed by atoms with Crippen molar-refractivity contribution >= 4 is 10.9 Å². The van der Waals surface area contributed by atoms with Gasteiger partial charge in [-0.15, -0.1) is 0 Å². The van der Waals surface area contributed by atoms with Gasteiger partial charge >= 0.3 is 0 Å². The minimum Gasteiger partial charge on any atom is -0.390 e. The molecule has 0 saturated heterocycles. The van der Waals surface area contributed by atoms with Gasteiger partial charge in [0, 0.05) is 28.8 Å². The molecule has 0 aliphatic heterocycles. The lowest BCUT2D eigenvalue weighted by atomic mass is 10.0. The predicted molar refractivity (Wildman–Crippen MR) is 124 cm³/mol. The van der Waals surface area contributed by atoms with Crippen molar-refractivity contribution in [1.82, 2.24) is 24.7 Å². The van der Waals surface area contributed by atoms with E-state index >= 15 is 0 Å². The molecule has 0 aliphatic rings. The zero-order valence-electron chi connectivity index (χ0n) is 17.6. The Hall–Kier alpha value is -3.94. The third kappa shape index (κ3) is 3.64. The quantitative estimate of drug-likeness (QED) is 0.443. The van der Waals surface area contributed by atoms with Crippen molar-refractivity contribution in [3.8, 4) is 28.3 Å². The number of aliphatic hydroxyl groups excluding tert-OH is 1. The highest BCUT2D eigenvalue weighted by Gasteiger charge is 2.16. The van der Waals surface area contributed by atoms with Gasteiger partial charge in [-0.05, 0) is 55.5 Å². The molecular weight excluding hydrogens is 400 g/mol. The zero-order valence-corrected chi connectivity index (χ0v) is 17.6. The van der Waals surface area contributed by atoms with Gasteiger partial charge in [-0.2, -0.15) is 5.10 Å². The Morgan fingerprint density at radius 1 is 0.969 bits per heavy atom. The minimum atomic E-state index is -0.162. The lowest BCUT2D eigenvalue weighted by Gasteiger charge is -2.11. The normalized spacial score (nSPS) is 12.2. The molecule has 0 bridgehead atoms. The molecule has 0 spiro atoms. The van der Waals surface area contributed by atoms with Gasteiger partial charge in [0.15, 0.2) is 5.82 Å². The van der Waals surface area contributed by atoms with E-state index in [9.17, 15) is 5.11 Å². The van der Waals surface area contributed by atoms with Crippen molar-refractivity contribution in [2.45, 2.75) is 19.6 Å². The summed E-state index contributed by atoms with van der Waals surface area (Å²) in [4.78, 5) is 13.9. The molecule has 4 aromatic heterocycles. The second kappa shape index (κ2) is 8.30. The topological polar surface area (TPSA) is 103 Å². The highest BCUT2D eigenvalue weighted by atomic mass is 16.3. The highest BCUT2D eigenvalue weighted by molar-refractivity contribution is 5.97. The van der Waals surface area contributed by atoms with Crippen molar-refractivity contribution < 1.29 is 5.11 Å². The maximum atomic E-state index is 9.51. The van der Waals surface area contributed by atoms with Crippen molar-refractivity contribution in [1.29, 1.82) is 0 Å². The first-order valence-electron chi connectivity index (χ1n) is 10.4. The minimum absolute atomic E-state index is 0.133. The maximum absolute atomic E-state index is 9.51. The molecule has 0 aliphatic carbocycles. The van der Waals surface area contributed by atoms with E-state index in [1.807, 2.05) is 61.7 Å². The number of hydrogen-bond acceptors (Lipinski definition) is 6. The van der Waals surface area contributed by atoms with Crippen LogP contribution in [0, 0.1) is 0 Å². The Morgan fingerprint density at radius 3 is 2.59 bits per heavy atom. The van der Waals surface area contributed by atoms with Crippen LogP contribution in [0.3, 0.4) is 0 Å². The Morgan fingerprint density at radius 2 is 1.81 bits per heavy atom. The predicted octanol–water partition coefficient (Wildman–Crippen LogP) is 4.06. The first-order chi connectivity index (χ1) is 15.6. The van der Waals surface area contributed by atoms with Crippen molar-refractivity contribution in [2.24, 2.45) is 5.73 Å². The van der Waals surface area contributed by atoms with E-state index in [1.54, 1.807) is 16.9 Å². The number of nitrogens with two attached hydrogens (primary N) is 1. The molecule has 0 fully saturated rings. The van der Waals surface area contributed by atoms with Crippen LogP contribution in [-0.4, -0.2) is 29.8 Å². The van der Waals surface area contributed by atoms with Crippen LogP contribution in [0.2, 0.25) is 0 Å². The van der Waals surface area contributed by atoms with Gasteiger partial charge in [0.25, 0.3) is 0 Å². The number of nitrogens with zero attached hydrogens (tertiary/aromatic N) is 5. The number of hydrogen-bond donors (Lipinski definition) is 2. The summed E-state index contributed by atoms with van der Waals surface area (Å²) in [6.07, 6.45) is 3.60. The van der Waals surface area contributed by atoms with Gasteiger partial charge < -0.3 is 10.8 Å². The molecule has 1 aromatic carbocycles. The number of rotatable bonds is 5. The molecular formula is C25H22N6O. The van der Waals surface area contributed by atoms with Gasteiger partial charge in [-0.1, -0.05) is 18.2 Å². The van der Waals surface area contributed by atoms with Crippen LogP contribution in [-0.2, 0) is 6.61 Å². The number of benzene rings is 1. The van der Waals surface area contributed by atoms with Crippen LogP contribution in [0.25, 0.3) is 39.2 Å². The fraction of sp³-hybridized carbons (Fsp3) is 0.120. The van der Waals surface area contributed by atoms with E-state index in [-0.39, 0.29) is 12.6 Å². The molecule has 5 aromatic rings. The average molecular weight is 422 g/mol. The molecule has 4 heterocycles. The Kier molecular flexibility index (Phi) is 5.18. The molecule has 0 amide bonds. The third-order valence-electron chi connectivity index (χ3n) is 5.33. The van der Waals surface area contributed by atoms with Crippen molar-refractivity contribution in [3.63, 3.8) is 0 Å². The van der Waals surface area contributed by atoms with Gasteiger partial charge in [0.05, 0.1) is 41.1 Å². The first-order valence-corrected chi connectivity index (χ1v) is 10.4. The highest BCUT2D eigenvalue weighted by Crippen LogP contribution is 2.33. The second-order valence-corrected chi connectivity index (χ2v) is 7.61. The van der Waals surface area contributed by atoms with E-state index in [2.05, 4.69) is 27.2 Å². The van der Waals surface area contributed by atoms with Gasteiger partial charge in [-0.3, -0.25) is 9.97 Å². The summed E-state index contributed by atoms with van der Waals surface area (Å²) in [5.74, 6) is 0.632. The summed E-state index contributed by atoms with van der Waals surface area (Å²) < 4.78 is 1.78. The summed E-state index contributed by atoms with van der Waals surface area (Å²) in [7, 11) is 0. The molecule has 7 nitrogen and oxygen atoms in total.